The van der Waals surface area contributed by atoms with Crippen LogP contribution in [0, 0.1) is 0 Å². The predicted octanol–water partition coefficient (Wildman–Crippen LogP) is 2.89. The molecule has 10 heteroatoms. The van der Waals surface area contributed by atoms with E-state index in [1.54, 1.807) is 20.2 Å². The van der Waals surface area contributed by atoms with Crippen molar-refractivity contribution >= 4 is 41.5 Å². The number of anilines is 1. The summed E-state index contributed by atoms with van der Waals surface area (Å²) in [5.41, 5.74) is -0.0547. The van der Waals surface area contributed by atoms with Gasteiger partial charge >= 0.3 is 6.18 Å². The molecule has 0 spiro atoms. The van der Waals surface area contributed by atoms with Gasteiger partial charge in [0.25, 0.3) is 0 Å². The summed E-state index contributed by atoms with van der Waals surface area (Å²) in [6.07, 6.45) is -4.00. The molecule has 0 saturated carbocycles. The number of carbonyl (C=O) groups is 1. The van der Waals surface area contributed by atoms with Crippen LogP contribution < -0.4 is 10.2 Å². The molecule has 29 heavy (non-hydrogen) atoms. The third kappa shape index (κ3) is 7.56. The largest absolute Gasteiger partial charge is 0.416 e. The fourth-order valence-corrected chi connectivity index (χ4v) is 2.96. The van der Waals surface area contributed by atoms with Crippen molar-refractivity contribution in [1.82, 2.24) is 15.1 Å². The number of hydrogen-bond donors (Lipinski definition) is 1. The van der Waals surface area contributed by atoms with Crippen molar-refractivity contribution in [3.8, 4) is 0 Å². The molecule has 1 saturated heterocycles. The van der Waals surface area contributed by atoms with Gasteiger partial charge in [0.1, 0.15) is 0 Å². The van der Waals surface area contributed by atoms with Crippen LogP contribution in [0.4, 0.5) is 18.9 Å². The number of rotatable bonds is 5. The molecule has 0 radical (unpaired) electrons. The highest BCUT2D eigenvalue weighted by Gasteiger charge is 2.31. The summed E-state index contributed by atoms with van der Waals surface area (Å²) in [7, 11) is 3.43. The van der Waals surface area contributed by atoms with Crippen molar-refractivity contribution in [2.24, 2.45) is 4.99 Å². The number of carbonyl (C=O) groups excluding carboxylic acids is 1. The van der Waals surface area contributed by atoms with Crippen LogP contribution in [0.2, 0.25) is 0 Å². The van der Waals surface area contributed by atoms with E-state index in [-0.39, 0.29) is 29.9 Å². The third-order valence-electron chi connectivity index (χ3n) is 4.54. The zero-order chi connectivity index (χ0) is 20.7. The van der Waals surface area contributed by atoms with Gasteiger partial charge in [-0.2, -0.15) is 13.2 Å². The summed E-state index contributed by atoms with van der Waals surface area (Å²) in [5.74, 6) is 0.756. The quantitative estimate of drug-likeness (QED) is 0.364. The molecular weight excluding hydrogens is 498 g/mol. The molecule has 0 atom stereocenters. The second kappa shape index (κ2) is 11.5. The maximum atomic E-state index is 12.9. The first-order valence-corrected chi connectivity index (χ1v) is 9.38. The van der Waals surface area contributed by atoms with E-state index in [1.807, 2.05) is 11.8 Å². The Kier molecular flexibility index (Phi) is 10.0. The summed E-state index contributed by atoms with van der Waals surface area (Å²) in [5, 5.41) is 3.22. The summed E-state index contributed by atoms with van der Waals surface area (Å²) in [6.45, 7) is 5.55. The van der Waals surface area contributed by atoms with E-state index < -0.39 is 11.7 Å². The number of nitrogens with one attached hydrogen (secondary N) is 1. The normalized spacial score (nSPS) is 15.0. The lowest BCUT2D eigenvalue weighted by molar-refractivity contribution is -0.137. The Hall–Kier alpha value is -1.72. The van der Waals surface area contributed by atoms with Crippen molar-refractivity contribution in [1.29, 1.82) is 0 Å². The molecule has 1 N–H and O–H groups in total. The van der Waals surface area contributed by atoms with Crippen LogP contribution in [0.3, 0.4) is 0 Å². The van der Waals surface area contributed by atoms with Crippen LogP contribution in [0.25, 0.3) is 0 Å². The number of amides is 1. The van der Waals surface area contributed by atoms with Gasteiger partial charge < -0.3 is 20.0 Å². The Labute approximate surface area is 187 Å². The SMILES string of the molecule is CCNC(=NCCC(=O)N(C)C)N1CCN(c2cccc(C(F)(F)F)c2)CC1.I. The van der Waals surface area contributed by atoms with Gasteiger partial charge in [0.2, 0.25) is 5.91 Å². The minimum absolute atomic E-state index is 0. The van der Waals surface area contributed by atoms with E-state index in [2.05, 4.69) is 15.2 Å². The number of nitrogens with zero attached hydrogens (tertiary/aromatic N) is 4. The van der Waals surface area contributed by atoms with Crippen LogP contribution in [-0.2, 0) is 11.0 Å². The Morgan fingerprint density at radius 2 is 1.86 bits per heavy atom. The molecule has 164 valence electrons. The summed E-state index contributed by atoms with van der Waals surface area (Å²) in [6, 6.07) is 5.43. The maximum absolute atomic E-state index is 12.9. The first-order chi connectivity index (χ1) is 13.2. The van der Waals surface area contributed by atoms with Crippen LogP contribution in [0.15, 0.2) is 29.3 Å². The van der Waals surface area contributed by atoms with E-state index in [0.29, 0.717) is 51.4 Å². The molecule has 1 amide bonds. The maximum Gasteiger partial charge on any atom is 0.416 e. The predicted molar refractivity (Wildman–Crippen MR) is 120 cm³/mol. The molecule has 1 aromatic carbocycles. The Morgan fingerprint density at radius 1 is 1.21 bits per heavy atom. The summed E-state index contributed by atoms with van der Waals surface area (Å²) < 4.78 is 38.8. The van der Waals surface area contributed by atoms with E-state index in [0.717, 1.165) is 12.0 Å². The first kappa shape index (κ1) is 25.3. The zero-order valence-corrected chi connectivity index (χ0v) is 19.3. The van der Waals surface area contributed by atoms with Gasteiger partial charge in [-0.05, 0) is 25.1 Å². The van der Waals surface area contributed by atoms with Crippen molar-refractivity contribution in [2.45, 2.75) is 19.5 Å². The van der Waals surface area contributed by atoms with Gasteiger partial charge in [0, 0.05) is 58.9 Å². The molecule has 0 bridgehead atoms. The van der Waals surface area contributed by atoms with Gasteiger partial charge in [-0.15, -0.1) is 24.0 Å². The van der Waals surface area contributed by atoms with E-state index >= 15 is 0 Å². The fraction of sp³-hybridized carbons (Fsp3) is 0.579. The van der Waals surface area contributed by atoms with E-state index in [1.165, 1.54) is 17.0 Å². The fourth-order valence-electron chi connectivity index (χ4n) is 2.96. The molecule has 1 aliphatic rings. The summed E-state index contributed by atoms with van der Waals surface area (Å²) in [4.78, 5) is 21.8. The topological polar surface area (TPSA) is 51.2 Å². The van der Waals surface area contributed by atoms with Crippen molar-refractivity contribution in [3.05, 3.63) is 29.8 Å². The molecule has 6 nitrogen and oxygen atoms in total. The second-order valence-electron chi connectivity index (χ2n) is 6.80. The number of aliphatic imine (C=N–C) groups is 1. The Balaban J connectivity index is 0.00000420. The van der Waals surface area contributed by atoms with Crippen LogP contribution in [0.1, 0.15) is 18.9 Å². The molecule has 0 aromatic heterocycles. The number of guanidine groups is 1. The third-order valence-corrected chi connectivity index (χ3v) is 4.54. The molecule has 1 heterocycles. The number of alkyl halides is 3. The highest BCUT2D eigenvalue weighted by Crippen LogP contribution is 2.31. The number of benzene rings is 1. The van der Waals surface area contributed by atoms with Gasteiger partial charge in [0.15, 0.2) is 5.96 Å². The first-order valence-electron chi connectivity index (χ1n) is 9.38. The van der Waals surface area contributed by atoms with Gasteiger partial charge in [-0.1, -0.05) is 6.07 Å². The Morgan fingerprint density at radius 3 is 2.41 bits per heavy atom. The molecule has 1 aliphatic heterocycles. The minimum atomic E-state index is -4.34. The average Bonchev–Trinajstić information content (AvgIpc) is 2.66. The monoisotopic (exact) mass is 527 g/mol. The zero-order valence-electron chi connectivity index (χ0n) is 17.0. The minimum Gasteiger partial charge on any atom is -0.368 e. The van der Waals surface area contributed by atoms with Crippen molar-refractivity contribution < 1.29 is 18.0 Å². The molecule has 1 fully saturated rings. The van der Waals surface area contributed by atoms with Crippen molar-refractivity contribution in [3.63, 3.8) is 0 Å². The number of piperazine rings is 1. The summed E-state index contributed by atoms with van der Waals surface area (Å²) >= 11 is 0. The lowest BCUT2D eigenvalue weighted by atomic mass is 10.1. The smallest absolute Gasteiger partial charge is 0.368 e. The van der Waals surface area contributed by atoms with E-state index in [9.17, 15) is 18.0 Å². The highest BCUT2D eigenvalue weighted by molar-refractivity contribution is 14.0. The molecule has 0 aliphatic carbocycles. The molecule has 0 unspecified atom stereocenters. The lowest BCUT2D eigenvalue weighted by Gasteiger charge is -2.38. The lowest BCUT2D eigenvalue weighted by Crippen LogP contribution is -2.52. The molecule has 1 aromatic rings. The Bertz CT molecular complexity index is 689. The average molecular weight is 527 g/mol. The standard InChI is InChI=1S/C19H28F3N5O.HI/c1-4-23-18(24-9-8-17(28)25(2)3)27-12-10-26(11-13-27)16-7-5-6-15(14-16)19(20,21)22;/h5-7,14H,4,8-13H2,1-3H3,(H,23,24);1H. The van der Waals surface area contributed by atoms with Crippen LogP contribution in [0.5, 0.6) is 0 Å². The van der Waals surface area contributed by atoms with Gasteiger partial charge in [-0.3, -0.25) is 9.79 Å². The second-order valence-corrected chi connectivity index (χ2v) is 6.80. The highest BCUT2D eigenvalue weighted by atomic mass is 127. The number of hydrogen-bond acceptors (Lipinski definition) is 3. The van der Waals surface area contributed by atoms with E-state index in [4.69, 9.17) is 0 Å². The van der Waals surface area contributed by atoms with Crippen LogP contribution >= 0.6 is 24.0 Å². The van der Waals surface area contributed by atoms with Crippen LogP contribution in [-0.4, -0.2) is 75.0 Å². The number of halogens is 4. The van der Waals surface area contributed by atoms with Crippen molar-refractivity contribution in [2.75, 3.05) is 58.3 Å². The van der Waals surface area contributed by atoms with Gasteiger partial charge in [-0.25, -0.2) is 0 Å². The molecular formula is C19H29F3IN5O. The molecule has 2 rings (SSSR count). The van der Waals surface area contributed by atoms with Gasteiger partial charge in [0.05, 0.1) is 12.1 Å².